The van der Waals surface area contributed by atoms with Crippen molar-refractivity contribution in [3.05, 3.63) is 34.9 Å². The molecule has 0 unspecified atom stereocenters. The molecule has 0 aromatic heterocycles. The van der Waals surface area contributed by atoms with Crippen LogP contribution in [0, 0.1) is 0 Å². The summed E-state index contributed by atoms with van der Waals surface area (Å²) >= 11 is 0. The molecule has 0 heterocycles. The van der Waals surface area contributed by atoms with Crippen LogP contribution >= 0.6 is 0 Å². The number of carbonyl (C=O) groups excluding carboxylic acids is 3. The standard InChI is InChI=1S/C26H28F9NO9S2/c1-21(7-3-4-8-21)44-18(38)15-11-14(12-16(13-15)19(39)45-22(2)9-5-6-10-22)17(37)36-47(42,43)26(34,35)25(32,33)23(27,28)20(46(40)41)24(29,30)31/h11-13,20,46H,3-10H2,1-2H3,(H,36,37)/t20-/m0/s1. The monoisotopic (exact) mass is 733 g/mol. The highest BCUT2D eigenvalue weighted by molar-refractivity contribution is 7.91. The molecule has 2 fully saturated rings. The van der Waals surface area contributed by atoms with Crippen LogP contribution < -0.4 is 4.72 Å². The molecule has 0 radical (unpaired) electrons. The maximum atomic E-state index is 14.6. The molecule has 0 aliphatic heterocycles. The highest BCUT2D eigenvalue weighted by Gasteiger charge is 2.83. The maximum Gasteiger partial charge on any atom is 0.431 e. The quantitative estimate of drug-likeness (QED) is 0.179. The highest BCUT2D eigenvalue weighted by Crippen LogP contribution is 2.52. The van der Waals surface area contributed by atoms with Crippen molar-refractivity contribution in [3.63, 3.8) is 0 Å². The molecule has 1 aromatic carbocycles. The molecule has 3 rings (SSSR count). The Balaban J connectivity index is 2.03. The Bertz CT molecular complexity index is 1530. The molecule has 47 heavy (non-hydrogen) atoms. The molecule has 2 saturated carbocycles. The van der Waals surface area contributed by atoms with Gasteiger partial charge in [-0.05, 0) is 83.4 Å². The number of sulfonamides is 1. The Hall–Kier alpha value is -3.10. The summed E-state index contributed by atoms with van der Waals surface area (Å²) in [7, 11) is -13.1. The van der Waals surface area contributed by atoms with E-state index in [1.165, 1.54) is 0 Å². The van der Waals surface area contributed by atoms with Crippen molar-refractivity contribution in [2.75, 3.05) is 0 Å². The Labute approximate surface area is 263 Å². The fraction of sp³-hybridized carbons (Fsp3) is 0.654. The number of halogens is 9. The van der Waals surface area contributed by atoms with E-state index >= 15 is 0 Å². The van der Waals surface area contributed by atoms with E-state index in [0.717, 1.165) is 6.07 Å². The van der Waals surface area contributed by atoms with Crippen LogP contribution in [0.1, 0.15) is 96.3 Å². The lowest BCUT2D eigenvalue weighted by Crippen LogP contribution is -2.66. The minimum absolute atomic E-state index is 0.325. The smallest absolute Gasteiger partial charge is 0.431 e. The lowest BCUT2D eigenvalue weighted by molar-refractivity contribution is -0.304. The number of rotatable bonds is 11. The lowest BCUT2D eigenvalue weighted by atomic mass is 10.0. The van der Waals surface area contributed by atoms with E-state index in [0.29, 0.717) is 68.2 Å². The second-order valence-corrected chi connectivity index (χ2v) is 14.6. The van der Waals surface area contributed by atoms with Gasteiger partial charge in [-0.25, -0.2) is 22.7 Å². The number of carbonyl (C=O) groups is 3. The Morgan fingerprint density at radius 3 is 1.45 bits per heavy atom. The van der Waals surface area contributed by atoms with Crippen LogP contribution in [0.4, 0.5) is 39.5 Å². The predicted octanol–water partition coefficient (Wildman–Crippen LogP) is 5.13. The van der Waals surface area contributed by atoms with Gasteiger partial charge >= 0.3 is 45.2 Å². The molecule has 1 N–H and O–H groups in total. The average molecular weight is 734 g/mol. The van der Waals surface area contributed by atoms with Crippen molar-refractivity contribution in [2.45, 2.75) is 105 Å². The Kier molecular flexibility index (Phi) is 10.4. The maximum absolute atomic E-state index is 14.6. The van der Waals surface area contributed by atoms with Crippen molar-refractivity contribution in [3.8, 4) is 0 Å². The zero-order valence-corrected chi connectivity index (χ0v) is 26.1. The molecule has 1 atom stereocenters. The van der Waals surface area contributed by atoms with Gasteiger partial charge < -0.3 is 9.47 Å². The van der Waals surface area contributed by atoms with Crippen LogP contribution in [0.2, 0.25) is 0 Å². The SMILES string of the molecule is CC1(OC(=O)c2cc(C(=O)NS(=O)(=O)C(F)(F)C(F)(F)C(F)(F)[C@H]([SH](=O)=O)C(F)(F)F)cc(C(=O)OC3(C)CCCC3)c2)CCCC1. The average Bonchev–Trinajstić information content (AvgIpc) is 3.54. The van der Waals surface area contributed by atoms with Gasteiger partial charge in [-0.2, -0.15) is 47.9 Å². The van der Waals surface area contributed by atoms with Gasteiger partial charge in [-0.15, -0.1) is 0 Å². The van der Waals surface area contributed by atoms with Gasteiger partial charge in [0.1, 0.15) is 11.2 Å². The summed E-state index contributed by atoms with van der Waals surface area (Å²) in [6.45, 7) is 3.11. The molecule has 0 saturated heterocycles. The molecule has 10 nitrogen and oxygen atoms in total. The third kappa shape index (κ3) is 7.64. The van der Waals surface area contributed by atoms with Gasteiger partial charge in [0.25, 0.3) is 5.91 Å². The van der Waals surface area contributed by atoms with Crippen molar-refractivity contribution in [1.29, 1.82) is 0 Å². The van der Waals surface area contributed by atoms with Crippen molar-refractivity contribution >= 4 is 38.6 Å². The number of amides is 1. The second kappa shape index (κ2) is 12.7. The minimum atomic E-state index is -7.59. The predicted molar refractivity (Wildman–Crippen MR) is 142 cm³/mol. The van der Waals surface area contributed by atoms with Crippen LogP contribution in [0.5, 0.6) is 0 Å². The molecule has 266 valence electrons. The molecular weight excluding hydrogens is 705 g/mol. The van der Waals surface area contributed by atoms with E-state index < -0.39 is 95.0 Å². The van der Waals surface area contributed by atoms with E-state index in [-0.39, 0.29) is 0 Å². The second-order valence-electron chi connectivity index (χ2n) is 11.8. The number of hydrogen-bond donors (Lipinski definition) is 2. The summed E-state index contributed by atoms with van der Waals surface area (Å²) < 4.78 is 182. The van der Waals surface area contributed by atoms with Gasteiger partial charge in [0.2, 0.25) is 5.25 Å². The summed E-state index contributed by atoms with van der Waals surface area (Å²) in [5, 5.41) is -12.7. The number of thiol groups is 1. The van der Waals surface area contributed by atoms with E-state index in [2.05, 4.69) is 0 Å². The molecule has 2 aliphatic rings. The highest BCUT2D eigenvalue weighted by atomic mass is 32.2. The summed E-state index contributed by atoms with van der Waals surface area (Å²) in [5.74, 6) is -19.6. The normalized spacial score (nSPS) is 19.3. The number of benzene rings is 1. The van der Waals surface area contributed by atoms with E-state index in [4.69, 9.17) is 9.47 Å². The van der Waals surface area contributed by atoms with Gasteiger partial charge in [-0.3, -0.25) is 4.79 Å². The summed E-state index contributed by atoms with van der Waals surface area (Å²) in [6.07, 6.45) is -2.54. The first-order valence-corrected chi connectivity index (χ1v) is 16.4. The van der Waals surface area contributed by atoms with Gasteiger partial charge in [-0.1, -0.05) is 0 Å². The van der Waals surface area contributed by atoms with E-state index in [9.17, 15) is 70.7 Å². The summed E-state index contributed by atoms with van der Waals surface area (Å²) in [4.78, 5) is 38.8. The molecule has 1 amide bonds. The number of alkyl halides is 9. The summed E-state index contributed by atoms with van der Waals surface area (Å²) in [6, 6.07) is 1.83. The molecule has 2 aliphatic carbocycles. The molecule has 1 aromatic rings. The van der Waals surface area contributed by atoms with Crippen molar-refractivity contribution in [1.82, 2.24) is 4.72 Å². The van der Waals surface area contributed by atoms with Crippen molar-refractivity contribution in [2.24, 2.45) is 0 Å². The van der Waals surface area contributed by atoms with Gasteiger partial charge in [0.05, 0.1) is 11.1 Å². The Morgan fingerprint density at radius 2 is 1.11 bits per heavy atom. The fourth-order valence-corrected chi connectivity index (χ4v) is 6.88. The third-order valence-corrected chi connectivity index (χ3v) is 10.3. The first-order valence-electron chi connectivity index (χ1n) is 13.7. The van der Waals surface area contributed by atoms with Crippen molar-refractivity contribution < 1.29 is 80.2 Å². The number of hydrogen-bond acceptors (Lipinski definition) is 9. The number of ether oxygens (including phenoxy) is 2. The zero-order chi connectivity index (χ0) is 36.0. The van der Waals surface area contributed by atoms with Crippen LogP contribution in [-0.4, -0.2) is 74.4 Å². The first-order chi connectivity index (χ1) is 21.2. The number of nitrogens with one attached hydrogen (secondary N) is 1. The first kappa shape index (κ1) is 38.3. The third-order valence-electron chi connectivity index (χ3n) is 7.88. The largest absolute Gasteiger partial charge is 0.456 e. The van der Waals surface area contributed by atoms with E-state index in [1.807, 2.05) is 0 Å². The Morgan fingerprint density at radius 1 is 0.745 bits per heavy atom. The topological polar surface area (TPSA) is 150 Å². The number of esters is 2. The molecule has 0 spiro atoms. The summed E-state index contributed by atoms with van der Waals surface area (Å²) in [5.41, 5.74) is -4.51. The molecule has 21 heteroatoms. The van der Waals surface area contributed by atoms with Gasteiger partial charge in [0, 0.05) is 5.56 Å². The lowest BCUT2D eigenvalue weighted by Gasteiger charge is -2.35. The molecule has 0 bridgehead atoms. The van der Waals surface area contributed by atoms with Gasteiger partial charge in [0.15, 0.2) is 10.7 Å². The zero-order valence-electron chi connectivity index (χ0n) is 24.4. The molecular formula is C26H28F9NO9S2. The van der Waals surface area contributed by atoms with Crippen LogP contribution in [0.15, 0.2) is 18.2 Å². The minimum Gasteiger partial charge on any atom is -0.456 e. The van der Waals surface area contributed by atoms with Crippen LogP contribution in [0.3, 0.4) is 0 Å². The van der Waals surface area contributed by atoms with E-state index in [1.54, 1.807) is 13.8 Å². The fourth-order valence-electron chi connectivity index (χ4n) is 5.25. The van der Waals surface area contributed by atoms with Crippen LogP contribution in [0.25, 0.3) is 0 Å². The van der Waals surface area contributed by atoms with Crippen LogP contribution in [-0.2, 0) is 30.2 Å².